The zero-order valence-corrected chi connectivity index (χ0v) is 19.3. The van der Waals surface area contributed by atoms with Gasteiger partial charge in [-0.1, -0.05) is 6.42 Å². The molecule has 1 aliphatic carbocycles. The Labute approximate surface area is 189 Å². The van der Waals surface area contributed by atoms with Crippen LogP contribution in [0.15, 0.2) is 12.3 Å². The van der Waals surface area contributed by atoms with Gasteiger partial charge < -0.3 is 19.3 Å². The Bertz CT molecular complexity index is 886. The van der Waals surface area contributed by atoms with Crippen LogP contribution >= 0.6 is 0 Å². The number of rotatable bonds is 5. The second kappa shape index (κ2) is 8.86. The fourth-order valence-electron chi connectivity index (χ4n) is 4.60. The molecule has 1 atom stereocenters. The van der Waals surface area contributed by atoms with Gasteiger partial charge in [-0.15, -0.1) is 0 Å². The molecule has 0 bridgehead atoms. The summed E-state index contributed by atoms with van der Waals surface area (Å²) in [5, 5.41) is 9.46. The largest absolute Gasteiger partial charge is 0.444 e. The summed E-state index contributed by atoms with van der Waals surface area (Å²) in [6.07, 6.45) is 6.68. The van der Waals surface area contributed by atoms with Gasteiger partial charge in [-0.05, 0) is 52.4 Å². The van der Waals surface area contributed by atoms with Gasteiger partial charge in [0.25, 0.3) is 0 Å². The molecule has 0 radical (unpaired) electrons. The zero-order valence-electron chi connectivity index (χ0n) is 19.3. The second-order valence-electron chi connectivity index (χ2n) is 10.4. The third-order valence-electron chi connectivity index (χ3n) is 6.70. The van der Waals surface area contributed by atoms with Crippen molar-refractivity contribution in [3.05, 3.63) is 23.8 Å². The lowest BCUT2D eigenvalue weighted by molar-refractivity contribution is -0.0334. The van der Waals surface area contributed by atoms with Crippen molar-refractivity contribution in [3.63, 3.8) is 0 Å². The summed E-state index contributed by atoms with van der Waals surface area (Å²) >= 11 is 0. The van der Waals surface area contributed by atoms with E-state index in [4.69, 9.17) is 9.47 Å². The summed E-state index contributed by atoms with van der Waals surface area (Å²) in [7, 11) is 0. The summed E-state index contributed by atoms with van der Waals surface area (Å²) in [6.45, 7) is 8.09. The van der Waals surface area contributed by atoms with Gasteiger partial charge in [-0.2, -0.15) is 5.26 Å². The molecule has 0 spiro atoms. The van der Waals surface area contributed by atoms with Crippen molar-refractivity contribution in [3.8, 4) is 6.07 Å². The quantitative estimate of drug-likeness (QED) is 0.683. The number of carbonyl (C=O) groups excluding carboxylic acids is 1. The van der Waals surface area contributed by atoms with Crippen LogP contribution in [0.4, 0.5) is 14.9 Å². The normalized spacial score (nSPS) is 23.0. The van der Waals surface area contributed by atoms with Crippen LogP contribution in [-0.4, -0.2) is 60.5 Å². The van der Waals surface area contributed by atoms with Gasteiger partial charge in [-0.3, -0.25) is 4.98 Å². The summed E-state index contributed by atoms with van der Waals surface area (Å²) in [5.74, 6) is 0.0519. The van der Waals surface area contributed by atoms with Crippen molar-refractivity contribution < 1.29 is 18.7 Å². The van der Waals surface area contributed by atoms with E-state index in [1.165, 1.54) is 12.5 Å². The van der Waals surface area contributed by atoms with E-state index in [1.807, 2.05) is 25.7 Å². The smallest absolute Gasteiger partial charge is 0.410 e. The van der Waals surface area contributed by atoms with Gasteiger partial charge in [-0.25, -0.2) is 9.18 Å². The predicted octanol–water partition coefficient (Wildman–Crippen LogP) is 4.02. The first kappa shape index (κ1) is 22.8. The maximum absolute atomic E-state index is 14.9. The lowest BCUT2D eigenvalue weighted by Gasteiger charge is -2.43. The molecule has 8 heteroatoms. The minimum Gasteiger partial charge on any atom is -0.444 e. The first-order valence-corrected chi connectivity index (χ1v) is 11.6. The molecule has 1 aromatic rings. The minimum atomic E-state index is -0.983. The molecule has 0 aromatic carbocycles. The topological polar surface area (TPSA) is 78.7 Å². The van der Waals surface area contributed by atoms with Gasteiger partial charge in [0.15, 0.2) is 0 Å². The molecular formula is C24H33FN4O3. The van der Waals surface area contributed by atoms with E-state index < -0.39 is 16.8 Å². The van der Waals surface area contributed by atoms with Crippen LogP contribution in [0.1, 0.15) is 58.6 Å². The lowest BCUT2D eigenvalue weighted by Crippen LogP contribution is -2.53. The van der Waals surface area contributed by atoms with Crippen molar-refractivity contribution >= 4 is 11.8 Å². The SMILES string of the molecule is CC(C)(C)OC(=O)N(CC1CCC1)[C@@H]1CCCN(c2cnc(C3(C#N)COC3)c(F)c2)C1. The highest BCUT2D eigenvalue weighted by atomic mass is 19.1. The van der Waals surface area contributed by atoms with E-state index in [0.717, 1.165) is 32.2 Å². The fourth-order valence-corrected chi connectivity index (χ4v) is 4.60. The highest BCUT2D eigenvalue weighted by Crippen LogP contribution is 2.34. The van der Waals surface area contributed by atoms with Crippen molar-refractivity contribution in [2.24, 2.45) is 5.92 Å². The lowest BCUT2D eigenvalue weighted by atomic mass is 9.83. The van der Waals surface area contributed by atoms with Crippen molar-refractivity contribution in [2.75, 3.05) is 37.7 Å². The molecule has 3 heterocycles. The number of hydrogen-bond acceptors (Lipinski definition) is 6. The number of ether oxygens (including phenoxy) is 2. The summed E-state index contributed by atoms with van der Waals surface area (Å²) in [5.41, 5.74) is -0.696. The number of nitriles is 1. The van der Waals surface area contributed by atoms with Gasteiger partial charge in [0.05, 0.1) is 37.2 Å². The molecule has 174 valence electrons. The van der Waals surface area contributed by atoms with Gasteiger partial charge in [0, 0.05) is 25.7 Å². The van der Waals surface area contributed by atoms with Crippen LogP contribution in [0.25, 0.3) is 0 Å². The summed E-state index contributed by atoms with van der Waals surface area (Å²) in [6, 6.07) is 3.63. The van der Waals surface area contributed by atoms with Crippen LogP contribution in [0.5, 0.6) is 0 Å². The highest BCUT2D eigenvalue weighted by molar-refractivity contribution is 5.69. The molecule has 0 unspecified atom stereocenters. The number of pyridine rings is 1. The van der Waals surface area contributed by atoms with Crippen LogP contribution in [0, 0.1) is 23.1 Å². The van der Waals surface area contributed by atoms with E-state index in [2.05, 4.69) is 16.0 Å². The molecule has 4 rings (SSSR count). The molecule has 3 aliphatic rings. The molecular weight excluding hydrogens is 411 g/mol. The van der Waals surface area contributed by atoms with Crippen LogP contribution in [0.3, 0.4) is 0 Å². The summed E-state index contributed by atoms with van der Waals surface area (Å²) in [4.78, 5) is 21.3. The molecule has 7 nitrogen and oxygen atoms in total. The standard InChI is InChI=1S/C24H33FN4O3/c1-23(2,3)32-22(30)29(12-17-6-4-7-17)18-8-5-9-28(13-18)19-10-20(25)21(27-11-19)24(14-26)15-31-16-24/h10-11,17-18H,4-9,12-13,15-16H2,1-3H3/t18-/m1/s1. The van der Waals surface area contributed by atoms with Gasteiger partial charge in [0.1, 0.15) is 22.5 Å². The van der Waals surface area contributed by atoms with E-state index >= 15 is 0 Å². The Kier molecular flexibility index (Phi) is 6.30. The number of carbonyl (C=O) groups is 1. The maximum atomic E-state index is 14.9. The molecule has 0 N–H and O–H groups in total. The number of halogens is 1. The van der Waals surface area contributed by atoms with Crippen LogP contribution in [0.2, 0.25) is 0 Å². The number of nitrogens with zero attached hydrogens (tertiary/aromatic N) is 4. The molecule has 1 saturated carbocycles. The van der Waals surface area contributed by atoms with E-state index in [9.17, 15) is 14.4 Å². The Hall–Kier alpha value is -2.40. The van der Waals surface area contributed by atoms with Crippen molar-refractivity contribution in [1.82, 2.24) is 9.88 Å². The van der Waals surface area contributed by atoms with Crippen LogP contribution < -0.4 is 4.90 Å². The summed E-state index contributed by atoms with van der Waals surface area (Å²) < 4.78 is 25.8. The van der Waals surface area contributed by atoms with Crippen molar-refractivity contribution in [2.45, 2.75) is 69.9 Å². The zero-order chi connectivity index (χ0) is 22.9. The molecule has 3 fully saturated rings. The average molecular weight is 445 g/mol. The minimum absolute atomic E-state index is 0.00687. The van der Waals surface area contributed by atoms with Crippen molar-refractivity contribution in [1.29, 1.82) is 5.26 Å². The Morgan fingerprint density at radius 1 is 1.38 bits per heavy atom. The Morgan fingerprint density at radius 2 is 2.12 bits per heavy atom. The number of piperidine rings is 1. The van der Waals surface area contributed by atoms with Gasteiger partial charge in [0.2, 0.25) is 0 Å². The third kappa shape index (κ3) is 4.68. The average Bonchev–Trinajstić information content (AvgIpc) is 2.66. The molecule has 32 heavy (non-hydrogen) atoms. The fraction of sp³-hybridized carbons (Fsp3) is 0.708. The van der Waals surface area contributed by atoms with Gasteiger partial charge >= 0.3 is 6.09 Å². The van der Waals surface area contributed by atoms with Crippen LogP contribution in [-0.2, 0) is 14.9 Å². The predicted molar refractivity (Wildman–Crippen MR) is 118 cm³/mol. The molecule has 2 saturated heterocycles. The van der Waals surface area contributed by atoms with E-state index in [0.29, 0.717) is 24.7 Å². The number of amides is 1. The number of anilines is 1. The Morgan fingerprint density at radius 3 is 2.66 bits per heavy atom. The molecule has 1 aromatic heterocycles. The highest BCUT2D eigenvalue weighted by Gasteiger charge is 2.44. The first-order valence-electron chi connectivity index (χ1n) is 11.6. The number of aromatic nitrogens is 1. The Balaban J connectivity index is 1.50. The third-order valence-corrected chi connectivity index (χ3v) is 6.70. The second-order valence-corrected chi connectivity index (χ2v) is 10.4. The van der Waals surface area contributed by atoms with E-state index in [1.54, 1.807) is 6.20 Å². The molecule has 1 amide bonds. The first-order chi connectivity index (χ1) is 15.2. The number of hydrogen-bond donors (Lipinski definition) is 0. The molecule has 2 aliphatic heterocycles. The van der Waals surface area contributed by atoms with E-state index in [-0.39, 0.29) is 31.0 Å². The monoisotopic (exact) mass is 444 g/mol. The maximum Gasteiger partial charge on any atom is 0.410 e.